The quantitative estimate of drug-likeness (QED) is 0.500. The predicted octanol–water partition coefficient (Wildman–Crippen LogP) is 2.48. The van der Waals surface area contributed by atoms with E-state index in [0.717, 1.165) is 5.56 Å². The number of carbonyl (C=O) groups is 1. The minimum atomic E-state index is -4.91. The highest BCUT2D eigenvalue weighted by Crippen LogP contribution is 2.30. The maximum Gasteiger partial charge on any atom is 0.471 e. The molecule has 1 rings (SSSR count). The topological polar surface area (TPSA) is 66.0 Å². The lowest BCUT2D eigenvalue weighted by molar-refractivity contribution is -0.174. The predicted molar refractivity (Wildman–Crippen MR) is 88.4 cm³/mol. The summed E-state index contributed by atoms with van der Waals surface area (Å²) < 4.78 is 57.8. The first-order valence-electron chi connectivity index (χ1n) is 7.91. The Balaban J connectivity index is 2.89. The summed E-state index contributed by atoms with van der Waals surface area (Å²) in [6.45, 7) is 2.07. The van der Waals surface area contributed by atoms with Gasteiger partial charge in [0.05, 0.1) is 20.8 Å². The first-order chi connectivity index (χ1) is 12.2. The highest BCUT2D eigenvalue weighted by molar-refractivity contribution is 5.81. The molecule has 1 atom stereocenters. The highest BCUT2D eigenvalue weighted by atomic mass is 19.4. The number of ether oxygens (including phenoxy) is 4. The van der Waals surface area contributed by atoms with Gasteiger partial charge in [-0.1, -0.05) is 0 Å². The van der Waals surface area contributed by atoms with Gasteiger partial charge in [0, 0.05) is 18.7 Å². The fourth-order valence-electron chi connectivity index (χ4n) is 2.39. The van der Waals surface area contributed by atoms with Crippen molar-refractivity contribution < 1.29 is 36.9 Å². The van der Waals surface area contributed by atoms with Gasteiger partial charge in [0.15, 0.2) is 0 Å². The monoisotopic (exact) mass is 379 g/mol. The molecule has 0 saturated heterocycles. The zero-order valence-electron chi connectivity index (χ0n) is 15.2. The van der Waals surface area contributed by atoms with E-state index in [1.54, 1.807) is 12.1 Å². The van der Waals surface area contributed by atoms with Gasteiger partial charge in [-0.15, -0.1) is 0 Å². The number of alkyl halides is 3. The van der Waals surface area contributed by atoms with Crippen LogP contribution < -0.4 is 14.8 Å². The van der Waals surface area contributed by atoms with Gasteiger partial charge in [0.25, 0.3) is 0 Å². The van der Waals surface area contributed by atoms with Crippen LogP contribution in [-0.2, 0) is 27.1 Å². The molecule has 9 heteroatoms. The first kappa shape index (κ1) is 22.0. The summed E-state index contributed by atoms with van der Waals surface area (Å²) in [5.74, 6) is -0.903. The smallest absolute Gasteiger partial charge is 0.471 e. The second-order valence-corrected chi connectivity index (χ2v) is 5.62. The third kappa shape index (κ3) is 6.72. The van der Waals surface area contributed by atoms with Crippen molar-refractivity contribution in [2.75, 3.05) is 34.7 Å². The van der Waals surface area contributed by atoms with E-state index in [0.29, 0.717) is 30.1 Å². The SMILES string of the molecule is COCOCCc1cc(OC)c(CC(C)NC(=O)C(F)(F)F)cc1OC. The van der Waals surface area contributed by atoms with Crippen molar-refractivity contribution >= 4 is 5.91 Å². The number of halogens is 3. The van der Waals surface area contributed by atoms with Crippen molar-refractivity contribution in [3.05, 3.63) is 23.3 Å². The zero-order chi connectivity index (χ0) is 19.7. The molecule has 0 saturated carbocycles. The maximum atomic E-state index is 12.4. The summed E-state index contributed by atoms with van der Waals surface area (Å²) >= 11 is 0. The molecule has 0 aliphatic rings. The summed E-state index contributed by atoms with van der Waals surface area (Å²) in [4.78, 5) is 11.1. The Morgan fingerprint density at radius 3 is 2.23 bits per heavy atom. The minimum absolute atomic E-state index is 0.155. The lowest BCUT2D eigenvalue weighted by Gasteiger charge is -2.19. The number of hydrogen-bond acceptors (Lipinski definition) is 5. The van der Waals surface area contributed by atoms with Crippen molar-refractivity contribution in [1.82, 2.24) is 5.32 Å². The van der Waals surface area contributed by atoms with Crippen molar-refractivity contribution in [3.8, 4) is 11.5 Å². The number of amides is 1. The van der Waals surface area contributed by atoms with Crippen LogP contribution in [0.3, 0.4) is 0 Å². The Morgan fingerprint density at radius 2 is 1.69 bits per heavy atom. The summed E-state index contributed by atoms with van der Waals surface area (Å²) in [6, 6.07) is 2.71. The minimum Gasteiger partial charge on any atom is -0.496 e. The molecule has 0 spiro atoms. The number of hydrogen-bond donors (Lipinski definition) is 1. The number of nitrogens with one attached hydrogen (secondary N) is 1. The van der Waals surface area contributed by atoms with E-state index in [-0.39, 0.29) is 13.2 Å². The molecule has 1 amide bonds. The third-order valence-electron chi connectivity index (χ3n) is 3.56. The lowest BCUT2D eigenvalue weighted by atomic mass is 10.0. The van der Waals surface area contributed by atoms with E-state index in [9.17, 15) is 18.0 Å². The Morgan fingerprint density at radius 1 is 1.12 bits per heavy atom. The van der Waals surface area contributed by atoms with E-state index < -0.39 is 18.1 Å². The molecule has 6 nitrogen and oxygen atoms in total. The van der Waals surface area contributed by atoms with Crippen molar-refractivity contribution in [1.29, 1.82) is 0 Å². The van der Waals surface area contributed by atoms with Crippen LogP contribution in [0, 0.1) is 0 Å². The van der Waals surface area contributed by atoms with Gasteiger partial charge in [-0.25, -0.2) is 0 Å². The molecule has 1 N–H and O–H groups in total. The zero-order valence-corrected chi connectivity index (χ0v) is 15.2. The Hall–Kier alpha value is -2.00. The van der Waals surface area contributed by atoms with E-state index in [4.69, 9.17) is 18.9 Å². The van der Waals surface area contributed by atoms with Crippen molar-refractivity contribution in [3.63, 3.8) is 0 Å². The largest absolute Gasteiger partial charge is 0.496 e. The van der Waals surface area contributed by atoms with Crippen LogP contribution in [0.2, 0.25) is 0 Å². The van der Waals surface area contributed by atoms with E-state index in [1.807, 2.05) is 5.32 Å². The Kier molecular flexibility index (Phi) is 8.67. The lowest BCUT2D eigenvalue weighted by Crippen LogP contribution is -2.42. The van der Waals surface area contributed by atoms with Gasteiger partial charge in [-0.05, 0) is 37.5 Å². The van der Waals surface area contributed by atoms with Gasteiger partial charge in [0.2, 0.25) is 0 Å². The summed E-state index contributed by atoms with van der Waals surface area (Å²) in [5, 5.41) is 1.93. The average Bonchev–Trinajstić information content (AvgIpc) is 2.58. The van der Waals surface area contributed by atoms with Crippen molar-refractivity contribution in [2.45, 2.75) is 32.0 Å². The van der Waals surface area contributed by atoms with Crippen LogP contribution in [0.1, 0.15) is 18.1 Å². The van der Waals surface area contributed by atoms with Gasteiger partial charge >= 0.3 is 12.1 Å². The molecular weight excluding hydrogens is 355 g/mol. The number of benzene rings is 1. The van der Waals surface area contributed by atoms with Gasteiger partial charge in [0.1, 0.15) is 18.3 Å². The van der Waals surface area contributed by atoms with Crippen LogP contribution in [-0.4, -0.2) is 52.9 Å². The standard InChI is InChI=1S/C17H24F3NO5/c1-11(21-16(22)17(18,19)20)7-13-9-14(24-3)12(8-15(13)25-4)5-6-26-10-23-2/h8-9,11H,5-7,10H2,1-4H3,(H,21,22). The van der Waals surface area contributed by atoms with Crippen LogP contribution in [0.25, 0.3) is 0 Å². The van der Waals surface area contributed by atoms with Gasteiger partial charge in [-0.2, -0.15) is 13.2 Å². The van der Waals surface area contributed by atoms with E-state index >= 15 is 0 Å². The molecule has 26 heavy (non-hydrogen) atoms. The van der Waals surface area contributed by atoms with Crippen LogP contribution in [0.4, 0.5) is 13.2 Å². The molecule has 1 unspecified atom stereocenters. The number of rotatable bonds is 10. The molecule has 148 valence electrons. The summed E-state index contributed by atoms with van der Waals surface area (Å²) in [7, 11) is 4.49. The fraction of sp³-hybridized carbons (Fsp3) is 0.588. The van der Waals surface area contributed by atoms with E-state index in [2.05, 4.69) is 0 Å². The molecular formula is C17H24F3NO5. The molecule has 0 fully saturated rings. The molecule has 0 heterocycles. The molecule has 1 aromatic carbocycles. The summed E-state index contributed by atoms with van der Waals surface area (Å²) in [6.07, 6.45) is -4.21. The van der Waals surface area contributed by atoms with E-state index in [1.165, 1.54) is 28.3 Å². The summed E-state index contributed by atoms with van der Waals surface area (Å²) in [5.41, 5.74) is 1.46. The van der Waals surface area contributed by atoms with Crippen molar-refractivity contribution in [2.24, 2.45) is 0 Å². The molecule has 0 aromatic heterocycles. The fourth-order valence-corrected chi connectivity index (χ4v) is 2.39. The van der Waals surface area contributed by atoms with Crippen LogP contribution >= 0.6 is 0 Å². The molecule has 0 bridgehead atoms. The molecule has 1 aromatic rings. The highest BCUT2D eigenvalue weighted by Gasteiger charge is 2.39. The first-order valence-corrected chi connectivity index (χ1v) is 7.91. The molecule has 0 radical (unpaired) electrons. The molecule has 0 aliphatic heterocycles. The molecule has 0 aliphatic carbocycles. The average molecular weight is 379 g/mol. The maximum absolute atomic E-state index is 12.4. The number of methoxy groups -OCH3 is 3. The second kappa shape index (κ2) is 10.2. The normalized spacial score (nSPS) is 12.6. The second-order valence-electron chi connectivity index (χ2n) is 5.62. The van der Waals surface area contributed by atoms with Crippen LogP contribution in [0.5, 0.6) is 11.5 Å². The Labute approximate surface area is 150 Å². The number of carbonyl (C=O) groups excluding carboxylic acids is 1. The third-order valence-corrected chi connectivity index (χ3v) is 3.56. The Bertz CT molecular complexity index is 592. The van der Waals surface area contributed by atoms with Gasteiger partial charge < -0.3 is 24.3 Å². The van der Waals surface area contributed by atoms with Crippen LogP contribution in [0.15, 0.2) is 12.1 Å². The van der Waals surface area contributed by atoms with Gasteiger partial charge in [-0.3, -0.25) is 4.79 Å².